The zero-order valence-electron chi connectivity index (χ0n) is 15.7. The first-order chi connectivity index (χ1) is 12.3. The van der Waals surface area contributed by atoms with Gasteiger partial charge in [0.15, 0.2) is 0 Å². The molecule has 0 spiro atoms. The molecule has 2 aromatic carbocycles. The largest absolute Gasteiger partial charge is 0.325 e. The Labute approximate surface area is 153 Å². The molecule has 2 amide bonds. The summed E-state index contributed by atoms with van der Waals surface area (Å²) in [6.45, 7) is 7.15. The van der Waals surface area contributed by atoms with Crippen molar-refractivity contribution in [3.63, 3.8) is 0 Å². The average Bonchev–Trinajstić information content (AvgIpc) is 2.61. The maximum Gasteiger partial charge on any atom is 0.239 e. The van der Waals surface area contributed by atoms with Gasteiger partial charge in [0, 0.05) is 11.4 Å². The van der Waals surface area contributed by atoms with E-state index in [0.717, 1.165) is 29.7 Å². The molecule has 0 unspecified atom stereocenters. The number of nitrogens with one attached hydrogen (secondary N) is 2. The lowest BCUT2D eigenvalue weighted by Gasteiger charge is -2.24. The number of benzene rings is 2. The van der Waals surface area contributed by atoms with E-state index < -0.39 is 23.0 Å². The summed E-state index contributed by atoms with van der Waals surface area (Å²) < 4.78 is 13.3. The molecule has 0 aromatic heterocycles. The van der Waals surface area contributed by atoms with Gasteiger partial charge in [0.2, 0.25) is 11.8 Å². The van der Waals surface area contributed by atoms with E-state index in [1.165, 1.54) is 18.2 Å². The fourth-order valence-electron chi connectivity index (χ4n) is 2.63. The highest BCUT2D eigenvalue weighted by Crippen LogP contribution is 2.27. The first kappa shape index (κ1) is 19.6. The van der Waals surface area contributed by atoms with Gasteiger partial charge in [-0.25, -0.2) is 4.39 Å². The van der Waals surface area contributed by atoms with Crippen LogP contribution in [0.15, 0.2) is 42.5 Å². The molecule has 5 heteroatoms. The number of hydrogen-bond acceptors (Lipinski definition) is 2. The second kappa shape index (κ2) is 8.13. The van der Waals surface area contributed by atoms with Gasteiger partial charge in [-0.3, -0.25) is 9.59 Å². The Kier molecular flexibility index (Phi) is 6.14. The Balaban J connectivity index is 2.21. The van der Waals surface area contributed by atoms with Crippen LogP contribution < -0.4 is 10.6 Å². The van der Waals surface area contributed by atoms with Crippen LogP contribution in [0.4, 0.5) is 15.8 Å². The molecule has 0 aliphatic rings. The molecule has 0 radical (unpaired) electrons. The number of aryl methyl sites for hydroxylation is 2. The Hall–Kier alpha value is -2.69. The Morgan fingerprint density at radius 2 is 1.46 bits per heavy atom. The lowest BCUT2D eigenvalue weighted by molar-refractivity contribution is -0.135. The number of carbonyl (C=O) groups excluding carboxylic acids is 2. The van der Waals surface area contributed by atoms with Gasteiger partial charge in [-0.05, 0) is 56.0 Å². The summed E-state index contributed by atoms with van der Waals surface area (Å²) >= 11 is 0. The van der Waals surface area contributed by atoms with Crippen molar-refractivity contribution in [3.05, 3.63) is 59.4 Å². The van der Waals surface area contributed by atoms with Crippen LogP contribution in [0.3, 0.4) is 0 Å². The lowest BCUT2D eigenvalue weighted by atomic mass is 9.90. The first-order valence-electron chi connectivity index (χ1n) is 8.78. The van der Waals surface area contributed by atoms with E-state index in [1.807, 2.05) is 32.0 Å². The molecule has 26 heavy (non-hydrogen) atoms. The minimum absolute atomic E-state index is 0.319. The second-order valence-electron chi connectivity index (χ2n) is 6.70. The zero-order valence-corrected chi connectivity index (χ0v) is 15.7. The number of hydrogen-bond donors (Lipinski definition) is 2. The second-order valence-corrected chi connectivity index (χ2v) is 6.70. The number of halogens is 1. The van der Waals surface area contributed by atoms with E-state index in [-0.39, 0.29) is 0 Å². The molecule has 0 aliphatic heterocycles. The van der Waals surface area contributed by atoms with Crippen molar-refractivity contribution in [2.24, 2.45) is 5.41 Å². The quantitative estimate of drug-likeness (QED) is 0.746. The van der Waals surface area contributed by atoms with Crippen molar-refractivity contribution < 1.29 is 14.0 Å². The topological polar surface area (TPSA) is 58.2 Å². The van der Waals surface area contributed by atoms with Crippen molar-refractivity contribution in [3.8, 4) is 0 Å². The summed E-state index contributed by atoms with van der Waals surface area (Å²) in [6.07, 6.45) is 1.55. The van der Waals surface area contributed by atoms with Crippen molar-refractivity contribution in [1.82, 2.24) is 0 Å². The molecule has 0 aliphatic carbocycles. The fourth-order valence-corrected chi connectivity index (χ4v) is 2.63. The molecule has 2 N–H and O–H groups in total. The zero-order chi connectivity index (χ0) is 19.3. The van der Waals surface area contributed by atoms with Crippen LogP contribution in [0.1, 0.15) is 38.8 Å². The molecule has 0 atom stereocenters. The van der Waals surface area contributed by atoms with Crippen LogP contribution in [0, 0.1) is 11.2 Å². The highest BCUT2D eigenvalue weighted by molar-refractivity contribution is 6.14. The predicted molar refractivity (Wildman–Crippen MR) is 103 cm³/mol. The van der Waals surface area contributed by atoms with E-state index in [1.54, 1.807) is 19.9 Å². The normalized spacial score (nSPS) is 11.1. The summed E-state index contributed by atoms with van der Waals surface area (Å²) in [5, 5.41) is 5.53. The van der Waals surface area contributed by atoms with Gasteiger partial charge >= 0.3 is 0 Å². The fraction of sp³-hybridized carbons (Fsp3) is 0.333. The number of rotatable bonds is 6. The lowest BCUT2D eigenvalue weighted by Crippen LogP contribution is -2.42. The minimum Gasteiger partial charge on any atom is -0.325 e. The van der Waals surface area contributed by atoms with Gasteiger partial charge in [-0.15, -0.1) is 0 Å². The van der Waals surface area contributed by atoms with Crippen LogP contribution in [0.5, 0.6) is 0 Å². The molecular weight excluding hydrogens is 331 g/mol. The minimum atomic E-state index is -1.32. The number of amides is 2. The van der Waals surface area contributed by atoms with Crippen LogP contribution in [0.2, 0.25) is 0 Å². The SMILES string of the molecule is CCc1cccc(CC)c1NC(=O)C(C)(C)C(=O)Nc1cccc(F)c1. The summed E-state index contributed by atoms with van der Waals surface area (Å²) in [7, 11) is 0. The number of anilines is 2. The molecule has 0 saturated carbocycles. The first-order valence-corrected chi connectivity index (χ1v) is 8.78. The van der Waals surface area contributed by atoms with Gasteiger partial charge in [0.05, 0.1) is 0 Å². The van der Waals surface area contributed by atoms with Crippen LogP contribution in [-0.2, 0) is 22.4 Å². The Morgan fingerprint density at radius 3 is 2.00 bits per heavy atom. The van der Waals surface area contributed by atoms with Crippen LogP contribution in [-0.4, -0.2) is 11.8 Å². The third-order valence-electron chi connectivity index (χ3n) is 4.46. The summed E-state index contributed by atoms with van der Waals surface area (Å²) in [4.78, 5) is 25.4. The van der Waals surface area contributed by atoms with Crippen LogP contribution >= 0.6 is 0 Å². The maximum atomic E-state index is 13.3. The van der Waals surface area contributed by atoms with E-state index >= 15 is 0 Å². The molecule has 138 valence electrons. The maximum absolute atomic E-state index is 13.3. The Bertz CT molecular complexity index is 793. The van der Waals surface area contributed by atoms with E-state index in [4.69, 9.17) is 0 Å². The van der Waals surface area contributed by atoms with Gasteiger partial charge in [-0.2, -0.15) is 0 Å². The highest BCUT2D eigenvalue weighted by atomic mass is 19.1. The number of carbonyl (C=O) groups is 2. The summed E-state index contributed by atoms with van der Waals surface area (Å²) in [5.74, 6) is -1.34. The molecule has 0 saturated heterocycles. The monoisotopic (exact) mass is 356 g/mol. The van der Waals surface area contributed by atoms with Crippen molar-refractivity contribution in [2.45, 2.75) is 40.5 Å². The molecule has 2 aromatic rings. The van der Waals surface area contributed by atoms with E-state index in [0.29, 0.717) is 5.69 Å². The summed E-state index contributed by atoms with van der Waals surface area (Å²) in [6, 6.07) is 11.5. The van der Waals surface area contributed by atoms with Crippen molar-refractivity contribution >= 4 is 23.2 Å². The van der Waals surface area contributed by atoms with E-state index in [2.05, 4.69) is 10.6 Å². The highest BCUT2D eigenvalue weighted by Gasteiger charge is 2.36. The molecule has 0 fully saturated rings. The third-order valence-corrected chi connectivity index (χ3v) is 4.46. The van der Waals surface area contributed by atoms with Crippen molar-refractivity contribution in [1.29, 1.82) is 0 Å². The molecule has 2 rings (SSSR count). The number of para-hydroxylation sites is 1. The van der Waals surface area contributed by atoms with Gasteiger partial charge < -0.3 is 10.6 Å². The standard InChI is InChI=1S/C21H25FN2O2/c1-5-14-9-7-10-15(6-2)18(14)24-20(26)21(3,4)19(25)23-17-12-8-11-16(22)13-17/h7-13H,5-6H2,1-4H3,(H,23,25)(H,24,26). The smallest absolute Gasteiger partial charge is 0.239 e. The summed E-state index contributed by atoms with van der Waals surface area (Å²) in [5.41, 5.74) is 1.82. The van der Waals surface area contributed by atoms with E-state index in [9.17, 15) is 14.0 Å². The Morgan fingerprint density at radius 1 is 0.923 bits per heavy atom. The third kappa shape index (κ3) is 4.28. The molecule has 0 heterocycles. The average molecular weight is 356 g/mol. The molecule has 0 bridgehead atoms. The van der Waals surface area contributed by atoms with Gasteiger partial charge in [0.1, 0.15) is 11.2 Å². The molecule has 4 nitrogen and oxygen atoms in total. The predicted octanol–water partition coefficient (Wildman–Crippen LogP) is 4.55. The van der Waals surface area contributed by atoms with Crippen LogP contribution in [0.25, 0.3) is 0 Å². The van der Waals surface area contributed by atoms with Gasteiger partial charge in [0.25, 0.3) is 0 Å². The van der Waals surface area contributed by atoms with Crippen molar-refractivity contribution in [2.75, 3.05) is 10.6 Å². The molecular formula is C21H25FN2O2. The van der Waals surface area contributed by atoms with Gasteiger partial charge in [-0.1, -0.05) is 38.1 Å².